The number of amides is 3. The molecule has 0 unspecified atom stereocenters. The van der Waals surface area contributed by atoms with Crippen LogP contribution >= 0.6 is 11.6 Å². The molecule has 0 fully saturated rings. The lowest BCUT2D eigenvalue weighted by atomic mass is 10.1. The first-order chi connectivity index (χ1) is 12.3. The van der Waals surface area contributed by atoms with Crippen LogP contribution in [-0.4, -0.2) is 29.2 Å². The highest BCUT2D eigenvalue weighted by atomic mass is 35.5. The molecule has 2 aromatic rings. The molecule has 2 aromatic carbocycles. The van der Waals surface area contributed by atoms with Gasteiger partial charge in [-0.3, -0.25) is 19.3 Å². The lowest BCUT2D eigenvalue weighted by Gasteiger charge is -2.15. The lowest BCUT2D eigenvalue weighted by Crippen LogP contribution is -2.33. The van der Waals surface area contributed by atoms with E-state index in [9.17, 15) is 14.4 Å². The smallest absolute Gasteiger partial charge is 0.263 e. The minimum atomic E-state index is -0.453. The predicted octanol–water partition coefficient (Wildman–Crippen LogP) is 3.89. The Morgan fingerprint density at radius 2 is 1.73 bits per heavy atom. The fraction of sp³-hybridized carbons (Fsp3) is 0.250. The fourth-order valence-electron chi connectivity index (χ4n) is 3.29. The van der Waals surface area contributed by atoms with E-state index in [2.05, 4.69) is 5.32 Å². The van der Waals surface area contributed by atoms with Gasteiger partial charge in [-0.05, 0) is 44.0 Å². The van der Waals surface area contributed by atoms with Crippen molar-refractivity contribution in [2.45, 2.75) is 27.2 Å². The molecule has 0 bridgehead atoms. The number of halogens is 1. The molecule has 26 heavy (non-hydrogen) atoms. The Morgan fingerprint density at radius 1 is 1.08 bits per heavy atom. The Morgan fingerprint density at radius 3 is 2.35 bits per heavy atom. The van der Waals surface area contributed by atoms with Crippen LogP contribution in [0.3, 0.4) is 0 Å². The molecule has 134 valence electrons. The number of rotatable bonds is 4. The molecular weight excluding hydrogens is 352 g/mol. The summed E-state index contributed by atoms with van der Waals surface area (Å²) in [6, 6.07) is 8.76. The number of imide groups is 1. The second kappa shape index (κ2) is 6.92. The molecule has 1 N–H and O–H groups in total. The summed E-state index contributed by atoms with van der Waals surface area (Å²) < 4.78 is 0. The maximum Gasteiger partial charge on any atom is 0.263 e. The molecule has 0 saturated heterocycles. The Labute approximate surface area is 156 Å². The first-order valence-electron chi connectivity index (χ1n) is 8.32. The molecule has 0 radical (unpaired) electrons. The highest BCUT2D eigenvalue weighted by Crippen LogP contribution is 2.29. The molecule has 0 atom stereocenters. The summed E-state index contributed by atoms with van der Waals surface area (Å²) in [6.45, 7) is 5.88. The highest BCUT2D eigenvalue weighted by molar-refractivity contribution is 6.37. The van der Waals surface area contributed by atoms with Crippen molar-refractivity contribution in [2.75, 3.05) is 11.9 Å². The summed E-state index contributed by atoms with van der Waals surface area (Å²) in [4.78, 5) is 38.2. The number of hydrogen-bond donors (Lipinski definition) is 1. The van der Waals surface area contributed by atoms with Crippen LogP contribution in [0.25, 0.3) is 0 Å². The van der Waals surface area contributed by atoms with E-state index < -0.39 is 11.8 Å². The van der Waals surface area contributed by atoms with E-state index in [1.54, 1.807) is 18.2 Å². The van der Waals surface area contributed by atoms with Crippen LogP contribution in [-0.2, 0) is 4.79 Å². The predicted molar refractivity (Wildman–Crippen MR) is 101 cm³/mol. The summed E-state index contributed by atoms with van der Waals surface area (Å²) in [5, 5.41) is 3.13. The van der Waals surface area contributed by atoms with Crippen LogP contribution in [0, 0.1) is 20.8 Å². The normalized spacial score (nSPS) is 13.2. The quantitative estimate of drug-likeness (QED) is 0.830. The van der Waals surface area contributed by atoms with Crippen LogP contribution in [0.4, 0.5) is 5.69 Å². The number of carbonyl (C=O) groups excluding carboxylic acids is 3. The molecule has 1 aliphatic rings. The second-order valence-corrected chi connectivity index (χ2v) is 6.90. The van der Waals surface area contributed by atoms with Gasteiger partial charge >= 0.3 is 0 Å². The van der Waals surface area contributed by atoms with Gasteiger partial charge in [0, 0.05) is 18.7 Å². The van der Waals surface area contributed by atoms with Gasteiger partial charge in [0.1, 0.15) is 0 Å². The standard InChI is InChI=1S/C20H19ClN2O3/c1-11-9-12(2)18(13(3)10-11)22-16(24)7-8-23-19(25)14-5-4-6-15(21)17(14)20(23)26/h4-6,9-10H,7-8H2,1-3H3,(H,22,24). The van der Waals surface area contributed by atoms with Crippen molar-refractivity contribution in [1.29, 1.82) is 0 Å². The SMILES string of the molecule is Cc1cc(C)c(NC(=O)CCN2C(=O)c3cccc(Cl)c3C2=O)c(C)c1. The van der Waals surface area contributed by atoms with Gasteiger partial charge in [-0.25, -0.2) is 0 Å². The number of anilines is 1. The largest absolute Gasteiger partial charge is 0.326 e. The molecule has 1 aliphatic heterocycles. The number of fused-ring (bicyclic) bond motifs is 1. The molecule has 1 heterocycles. The van der Waals surface area contributed by atoms with Crippen molar-refractivity contribution in [3.8, 4) is 0 Å². The third kappa shape index (κ3) is 3.22. The van der Waals surface area contributed by atoms with Crippen molar-refractivity contribution in [1.82, 2.24) is 4.90 Å². The minimum Gasteiger partial charge on any atom is -0.326 e. The van der Waals surface area contributed by atoms with Gasteiger partial charge in [-0.1, -0.05) is 35.4 Å². The van der Waals surface area contributed by atoms with Gasteiger partial charge in [0.25, 0.3) is 11.8 Å². The molecule has 6 heteroatoms. The van der Waals surface area contributed by atoms with Crippen molar-refractivity contribution >= 4 is 35.0 Å². The summed E-state index contributed by atoms with van der Waals surface area (Å²) >= 11 is 6.03. The first-order valence-corrected chi connectivity index (χ1v) is 8.70. The summed E-state index contributed by atoms with van der Waals surface area (Å²) in [5.74, 6) is -1.11. The van der Waals surface area contributed by atoms with Crippen LogP contribution in [0.1, 0.15) is 43.8 Å². The van der Waals surface area contributed by atoms with E-state index in [1.165, 1.54) is 0 Å². The second-order valence-electron chi connectivity index (χ2n) is 6.50. The van der Waals surface area contributed by atoms with Crippen molar-refractivity contribution < 1.29 is 14.4 Å². The zero-order valence-electron chi connectivity index (χ0n) is 14.9. The molecule has 3 amide bonds. The molecule has 0 aromatic heterocycles. The van der Waals surface area contributed by atoms with Crippen LogP contribution in [0.2, 0.25) is 5.02 Å². The third-order valence-corrected chi connectivity index (χ3v) is 4.77. The van der Waals surface area contributed by atoms with Crippen LogP contribution in [0.15, 0.2) is 30.3 Å². The van der Waals surface area contributed by atoms with E-state index in [0.29, 0.717) is 0 Å². The van der Waals surface area contributed by atoms with E-state index in [1.807, 2.05) is 32.9 Å². The van der Waals surface area contributed by atoms with Crippen molar-refractivity contribution in [3.05, 3.63) is 63.2 Å². The molecule has 0 spiro atoms. The van der Waals surface area contributed by atoms with E-state index in [0.717, 1.165) is 27.3 Å². The zero-order valence-corrected chi connectivity index (χ0v) is 15.6. The number of carbonyl (C=O) groups is 3. The van der Waals surface area contributed by atoms with Gasteiger partial charge < -0.3 is 5.32 Å². The van der Waals surface area contributed by atoms with Crippen LogP contribution in [0.5, 0.6) is 0 Å². The van der Waals surface area contributed by atoms with Gasteiger partial charge in [-0.15, -0.1) is 0 Å². The fourth-order valence-corrected chi connectivity index (χ4v) is 3.54. The summed E-state index contributed by atoms with van der Waals surface area (Å²) in [5.41, 5.74) is 4.34. The Balaban J connectivity index is 1.69. The molecule has 3 rings (SSSR count). The van der Waals surface area contributed by atoms with Gasteiger partial charge in [-0.2, -0.15) is 0 Å². The Hall–Kier alpha value is -2.66. The van der Waals surface area contributed by atoms with Gasteiger partial charge in [0.05, 0.1) is 16.1 Å². The summed E-state index contributed by atoms with van der Waals surface area (Å²) in [7, 11) is 0. The third-order valence-electron chi connectivity index (χ3n) is 4.45. The number of aryl methyl sites for hydroxylation is 3. The average Bonchev–Trinajstić information content (AvgIpc) is 2.81. The van der Waals surface area contributed by atoms with Gasteiger partial charge in [0.15, 0.2) is 0 Å². The van der Waals surface area contributed by atoms with E-state index >= 15 is 0 Å². The zero-order chi connectivity index (χ0) is 19.0. The molecule has 0 saturated carbocycles. The monoisotopic (exact) mass is 370 g/mol. The van der Waals surface area contributed by atoms with Crippen LogP contribution < -0.4 is 5.32 Å². The average molecular weight is 371 g/mol. The molecule has 5 nitrogen and oxygen atoms in total. The number of nitrogens with zero attached hydrogens (tertiary/aromatic N) is 1. The highest BCUT2D eigenvalue weighted by Gasteiger charge is 2.37. The number of benzene rings is 2. The first kappa shape index (κ1) is 18.1. The maximum atomic E-state index is 12.4. The Bertz CT molecular complexity index is 914. The molecule has 0 aliphatic carbocycles. The topological polar surface area (TPSA) is 66.5 Å². The maximum absolute atomic E-state index is 12.4. The van der Waals surface area contributed by atoms with E-state index in [4.69, 9.17) is 11.6 Å². The van der Waals surface area contributed by atoms with Crippen molar-refractivity contribution in [3.63, 3.8) is 0 Å². The molecular formula is C20H19ClN2O3. The van der Waals surface area contributed by atoms with Crippen molar-refractivity contribution in [2.24, 2.45) is 0 Å². The number of nitrogens with one attached hydrogen (secondary N) is 1. The number of hydrogen-bond acceptors (Lipinski definition) is 3. The summed E-state index contributed by atoms with van der Waals surface area (Å²) in [6.07, 6.45) is 0.0237. The van der Waals surface area contributed by atoms with E-state index in [-0.39, 0.29) is 35.0 Å². The minimum absolute atomic E-state index is 0.0124. The Kier molecular flexibility index (Phi) is 4.83. The van der Waals surface area contributed by atoms with Gasteiger partial charge in [0.2, 0.25) is 5.91 Å². The lowest BCUT2D eigenvalue weighted by molar-refractivity contribution is -0.116.